The van der Waals surface area contributed by atoms with E-state index in [-0.39, 0.29) is 17.1 Å². The molecule has 3 N–H and O–H groups in total. The second-order valence-corrected chi connectivity index (χ2v) is 7.38. The average Bonchev–Trinajstić information content (AvgIpc) is 2.72. The van der Waals surface area contributed by atoms with Gasteiger partial charge in [-0.25, -0.2) is 4.98 Å². The highest BCUT2D eigenvalue weighted by molar-refractivity contribution is 5.98. The maximum Gasteiger partial charge on any atom is 0.417 e. The molecule has 12 heteroatoms. The van der Waals surface area contributed by atoms with E-state index in [1.165, 1.54) is 18.2 Å². The van der Waals surface area contributed by atoms with Gasteiger partial charge in [0.25, 0.3) is 5.91 Å². The number of aliphatic hydroxyl groups is 1. The summed E-state index contributed by atoms with van der Waals surface area (Å²) in [6.45, 7) is 0.00178. The fraction of sp³-hybridized carbons (Fsp3) is 0.286. The number of nitrogens with zero attached hydrogens (tertiary/aromatic N) is 3. The van der Waals surface area contributed by atoms with Crippen molar-refractivity contribution in [3.8, 4) is 0 Å². The third-order valence-corrected chi connectivity index (χ3v) is 4.85. The van der Waals surface area contributed by atoms with Gasteiger partial charge in [0.2, 0.25) is 0 Å². The molecule has 6 nitrogen and oxygen atoms in total. The molecule has 3 aromatic rings. The molecule has 1 unspecified atom stereocenters. The van der Waals surface area contributed by atoms with Crippen LogP contribution in [-0.2, 0) is 12.7 Å². The maximum absolute atomic E-state index is 13.0. The maximum atomic E-state index is 13.0. The van der Waals surface area contributed by atoms with Crippen LogP contribution in [0.2, 0.25) is 0 Å². The molecule has 3 rings (SSSR count). The zero-order chi connectivity index (χ0) is 24.6. The molecule has 1 atom stereocenters. The monoisotopic (exact) mass is 472 g/mol. The lowest BCUT2D eigenvalue weighted by Gasteiger charge is -2.26. The van der Waals surface area contributed by atoms with Crippen molar-refractivity contribution in [2.75, 3.05) is 12.3 Å². The van der Waals surface area contributed by atoms with Crippen LogP contribution in [0.25, 0.3) is 10.9 Å². The van der Waals surface area contributed by atoms with Crippen molar-refractivity contribution in [2.24, 2.45) is 0 Å². The number of amides is 1. The Bertz CT molecular complexity index is 1160. The highest BCUT2D eigenvalue weighted by atomic mass is 19.4. The summed E-state index contributed by atoms with van der Waals surface area (Å²) in [5.41, 5.74) is 5.71. The van der Waals surface area contributed by atoms with Crippen LogP contribution in [0.5, 0.6) is 0 Å². The van der Waals surface area contributed by atoms with Gasteiger partial charge < -0.3 is 15.7 Å². The molecule has 0 bridgehead atoms. The molecule has 0 spiro atoms. The highest BCUT2D eigenvalue weighted by Crippen LogP contribution is 2.29. The average molecular weight is 472 g/mol. The van der Waals surface area contributed by atoms with E-state index in [9.17, 15) is 36.2 Å². The van der Waals surface area contributed by atoms with Crippen LogP contribution < -0.4 is 5.73 Å². The van der Waals surface area contributed by atoms with Crippen molar-refractivity contribution >= 4 is 22.6 Å². The number of hydrogen-bond acceptors (Lipinski definition) is 5. The normalized spacial score (nSPS) is 13.2. The fourth-order valence-electron chi connectivity index (χ4n) is 3.03. The molecular weight excluding hydrogens is 454 g/mol. The van der Waals surface area contributed by atoms with E-state index < -0.39 is 43.0 Å². The summed E-state index contributed by atoms with van der Waals surface area (Å²) in [4.78, 5) is 21.5. The number of aromatic nitrogens is 2. The Balaban J connectivity index is 1.93. The van der Waals surface area contributed by atoms with Crippen molar-refractivity contribution in [1.29, 1.82) is 0 Å². The lowest BCUT2D eigenvalue weighted by Crippen LogP contribution is -2.43. The Hall–Kier alpha value is -3.41. The molecule has 0 aliphatic carbocycles. The summed E-state index contributed by atoms with van der Waals surface area (Å²) in [5.74, 6) is -0.596. The third-order valence-electron chi connectivity index (χ3n) is 4.85. The number of anilines is 1. The lowest BCUT2D eigenvalue weighted by molar-refractivity contribution is -0.206. The smallest absolute Gasteiger partial charge is 0.383 e. The number of alkyl halides is 6. The topological polar surface area (TPSA) is 92.3 Å². The number of halogens is 6. The molecule has 0 aliphatic rings. The van der Waals surface area contributed by atoms with E-state index >= 15 is 0 Å². The summed E-state index contributed by atoms with van der Waals surface area (Å²) in [6, 6.07) is 7.53. The predicted octanol–water partition coefficient (Wildman–Crippen LogP) is 4.10. The second-order valence-electron chi connectivity index (χ2n) is 7.38. The van der Waals surface area contributed by atoms with E-state index in [4.69, 9.17) is 5.73 Å². The van der Waals surface area contributed by atoms with E-state index in [0.29, 0.717) is 33.6 Å². The molecule has 1 aromatic carbocycles. The van der Waals surface area contributed by atoms with Gasteiger partial charge in [-0.3, -0.25) is 9.78 Å². The van der Waals surface area contributed by atoms with Gasteiger partial charge in [0, 0.05) is 17.1 Å². The fourth-order valence-corrected chi connectivity index (χ4v) is 3.03. The molecule has 0 aliphatic heterocycles. The van der Waals surface area contributed by atoms with Gasteiger partial charge in [-0.2, -0.15) is 26.3 Å². The first-order valence-corrected chi connectivity index (χ1v) is 9.49. The number of aryl methyl sites for hydroxylation is 1. The Labute approximate surface area is 183 Å². The van der Waals surface area contributed by atoms with Crippen molar-refractivity contribution in [2.45, 2.75) is 31.9 Å². The van der Waals surface area contributed by atoms with Crippen LogP contribution in [0.4, 0.5) is 32.2 Å². The van der Waals surface area contributed by atoms with E-state index in [2.05, 4.69) is 9.97 Å². The molecule has 0 fully saturated rings. The molecule has 176 valence electrons. The van der Waals surface area contributed by atoms with Crippen molar-refractivity contribution in [3.63, 3.8) is 0 Å². The molecule has 0 saturated carbocycles. The number of benzene rings is 1. The second kappa shape index (κ2) is 8.85. The number of pyridine rings is 2. The summed E-state index contributed by atoms with van der Waals surface area (Å²) < 4.78 is 77.0. The summed E-state index contributed by atoms with van der Waals surface area (Å²) in [5, 5.41) is 10.0. The van der Waals surface area contributed by atoms with Gasteiger partial charge >= 0.3 is 12.4 Å². The van der Waals surface area contributed by atoms with Crippen LogP contribution in [0.15, 0.2) is 42.6 Å². The number of hydrogen-bond donors (Lipinski definition) is 2. The molecule has 0 radical (unpaired) electrons. The number of nitrogens with two attached hydrogens (primary N) is 1. The number of fused-ring (bicyclic) bond motifs is 1. The van der Waals surface area contributed by atoms with Crippen LogP contribution in [0, 0.1) is 6.92 Å². The molecule has 33 heavy (non-hydrogen) atoms. The Morgan fingerprint density at radius 3 is 2.39 bits per heavy atom. The van der Waals surface area contributed by atoms with Gasteiger partial charge in [-0.15, -0.1) is 0 Å². The third kappa shape index (κ3) is 5.69. The molecule has 0 saturated heterocycles. The molecule has 2 aromatic heterocycles. The first-order chi connectivity index (χ1) is 15.3. The lowest BCUT2D eigenvalue weighted by atomic mass is 10.1. The standard InChI is InChI=1S/C21H18F6N4O2/c1-11-6-13-7-12(2-5-16(13)30-18(11)28)19(33)31(10-17(32)21(25,26)27)9-15-4-3-14(8-29-15)20(22,23)24/h2-8,17,32H,9-10H2,1H3,(H2,28,30). The number of carbonyl (C=O) groups excluding carboxylic acids is 1. The Morgan fingerprint density at radius 2 is 1.82 bits per heavy atom. The van der Waals surface area contributed by atoms with Gasteiger partial charge in [0.05, 0.1) is 29.9 Å². The van der Waals surface area contributed by atoms with Gasteiger partial charge in [-0.05, 0) is 48.9 Å². The van der Waals surface area contributed by atoms with Crippen LogP contribution >= 0.6 is 0 Å². The number of carbonyl (C=O) groups is 1. The SMILES string of the molecule is Cc1cc2cc(C(=O)N(Cc3ccc(C(F)(F)F)cn3)CC(O)C(F)(F)F)ccc2nc1N. The summed E-state index contributed by atoms with van der Waals surface area (Å²) in [7, 11) is 0. The minimum atomic E-state index is -5.01. The highest BCUT2D eigenvalue weighted by Gasteiger charge is 2.40. The van der Waals surface area contributed by atoms with E-state index in [1.54, 1.807) is 13.0 Å². The largest absolute Gasteiger partial charge is 0.417 e. The number of aliphatic hydroxyl groups excluding tert-OH is 1. The Morgan fingerprint density at radius 1 is 1.12 bits per heavy atom. The first-order valence-electron chi connectivity index (χ1n) is 9.49. The van der Waals surface area contributed by atoms with E-state index in [0.717, 1.165) is 6.07 Å². The molecule has 2 heterocycles. The Kier molecular flexibility index (Phi) is 6.50. The molecular formula is C21H18F6N4O2. The number of nitrogen functional groups attached to an aromatic ring is 1. The molecule has 1 amide bonds. The van der Waals surface area contributed by atoms with Crippen LogP contribution in [0.3, 0.4) is 0 Å². The zero-order valence-corrected chi connectivity index (χ0v) is 17.1. The zero-order valence-electron chi connectivity index (χ0n) is 17.1. The van der Waals surface area contributed by atoms with Crippen molar-refractivity contribution in [1.82, 2.24) is 14.9 Å². The van der Waals surface area contributed by atoms with Crippen LogP contribution in [-0.4, -0.2) is 44.7 Å². The quantitative estimate of drug-likeness (QED) is 0.546. The summed E-state index contributed by atoms with van der Waals surface area (Å²) in [6.07, 6.45) is -12.0. The minimum absolute atomic E-state index is 0.00485. The minimum Gasteiger partial charge on any atom is -0.383 e. The van der Waals surface area contributed by atoms with Crippen molar-refractivity contribution in [3.05, 3.63) is 65.0 Å². The van der Waals surface area contributed by atoms with Crippen molar-refractivity contribution < 1.29 is 36.2 Å². The first kappa shape index (κ1) is 24.2. The van der Waals surface area contributed by atoms with Crippen LogP contribution in [0.1, 0.15) is 27.2 Å². The van der Waals surface area contributed by atoms with Gasteiger partial charge in [-0.1, -0.05) is 0 Å². The van der Waals surface area contributed by atoms with Gasteiger partial charge in [0.1, 0.15) is 5.82 Å². The van der Waals surface area contributed by atoms with Gasteiger partial charge in [0.15, 0.2) is 6.10 Å². The predicted molar refractivity (Wildman–Crippen MR) is 107 cm³/mol. The van der Waals surface area contributed by atoms with E-state index in [1.807, 2.05) is 0 Å². The number of rotatable bonds is 5. The summed E-state index contributed by atoms with van der Waals surface area (Å²) >= 11 is 0.